The number of amides is 3. The smallest absolute Gasteiger partial charge is 0.323 e. The first-order valence-corrected chi connectivity index (χ1v) is 10.5. The fourth-order valence-electron chi connectivity index (χ4n) is 3.51. The summed E-state index contributed by atoms with van der Waals surface area (Å²) in [4.78, 5) is 28.5. The molecule has 1 aliphatic heterocycles. The molecule has 2 N–H and O–H groups in total. The molecule has 0 aliphatic carbocycles. The fourth-order valence-corrected chi connectivity index (χ4v) is 3.51. The zero-order valence-corrected chi connectivity index (χ0v) is 17.4. The summed E-state index contributed by atoms with van der Waals surface area (Å²) in [5.41, 5.74) is 2.10. The van der Waals surface area contributed by atoms with E-state index < -0.39 is 11.8 Å². The van der Waals surface area contributed by atoms with Crippen LogP contribution < -0.4 is 15.5 Å². The first kappa shape index (κ1) is 21.6. The quantitative estimate of drug-likeness (QED) is 0.648. The van der Waals surface area contributed by atoms with Gasteiger partial charge >= 0.3 is 6.03 Å². The second-order valence-electron chi connectivity index (χ2n) is 7.46. The number of nitrogens with one attached hydrogen (secondary N) is 2. The zero-order valence-electron chi connectivity index (χ0n) is 17.4. The largest absolute Gasteiger partial charge is 0.368 e. The Kier molecular flexibility index (Phi) is 7.65. The number of carbonyl (C=O) groups excluding carboxylic acids is 2. The Labute approximate surface area is 177 Å². The maximum absolute atomic E-state index is 13.2. The van der Waals surface area contributed by atoms with E-state index in [9.17, 15) is 14.0 Å². The number of nitrogens with zero attached hydrogens (tertiary/aromatic N) is 2. The predicted molar refractivity (Wildman–Crippen MR) is 118 cm³/mol. The average molecular weight is 413 g/mol. The van der Waals surface area contributed by atoms with E-state index in [-0.39, 0.29) is 5.91 Å². The molecule has 1 heterocycles. The van der Waals surface area contributed by atoms with Crippen molar-refractivity contribution in [3.63, 3.8) is 0 Å². The zero-order chi connectivity index (χ0) is 21.3. The van der Waals surface area contributed by atoms with Crippen LogP contribution in [0.15, 0.2) is 48.5 Å². The molecule has 3 amide bonds. The first-order chi connectivity index (χ1) is 14.5. The molecule has 0 atom stereocenters. The molecule has 0 spiro atoms. The van der Waals surface area contributed by atoms with Gasteiger partial charge in [-0.2, -0.15) is 0 Å². The number of benzene rings is 2. The van der Waals surface area contributed by atoms with Crippen molar-refractivity contribution >= 4 is 29.0 Å². The van der Waals surface area contributed by atoms with E-state index in [0.717, 1.165) is 51.1 Å². The minimum absolute atomic E-state index is 0.256. The molecule has 0 radical (unpaired) electrons. The highest BCUT2D eigenvalue weighted by Gasteiger charge is 2.20. The number of carbonyl (C=O) groups is 2. The van der Waals surface area contributed by atoms with Crippen molar-refractivity contribution in [2.24, 2.45) is 0 Å². The van der Waals surface area contributed by atoms with Crippen LogP contribution in [0.2, 0.25) is 0 Å². The lowest BCUT2D eigenvalue weighted by molar-refractivity contribution is -0.131. The topological polar surface area (TPSA) is 64.7 Å². The third-order valence-electron chi connectivity index (χ3n) is 5.20. The average Bonchev–Trinajstić information content (AvgIpc) is 2.74. The Morgan fingerprint density at radius 1 is 0.933 bits per heavy atom. The molecule has 1 aliphatic rings. The summed E-state index contributed by atoms with van der Waals surface area (Å²) in [6.45, 7) is 5.21. The Morgan fingerprint density at radius 3 is 2.30 bits per heavy atom. The van der Waals surface area contributed by atoms with Gasteiger partial charge in [0.15, 0.2) is 0 Å². The number of rotatable bonds is 7. The molecule has 2 aromatic carbocycles. The van der Waals surface area contributed by atoms with Crippen molar-refractivity contribution in [3.8, 4) is 0 Å². The predicted octanol–water partition coefficient (Wildman–Crippen LogP) is 4.70. The molecule has 3 rings (SSSR count). The summed E-state index contributed by atoms with van der Waals surface area (Å²) >= 11 is 0. The molecular weight excluding hydrogens is 383 g/mol. The van der Waals surface area contributed by atoms with Gasteiger partial charge in [0.1, 0.15) is 5.82 Å². The van der Waals surface area contributed by atoms with Gasteiger partial charge in [0.25, 0.3) is 0 Å². The number of urea groups is 1. The van der Waals surface area contributed by atoms with Gasteiger partial charge in [-0.3, -0.25) is 4.79 Å². The number of hydrogen-bond donors (Lipinski definition) is 2. The van der Waals surface area contributed by atoms with Crippen LogP contribution in [0, 0.1) is 5.82 Å². The minimum Gasteiger partial charge on any atom is -0.368 e. The van der Waals surface area contributed by atoms with E-state index in [0.29, 0.717) is 17.8 Å². The summed E-state index contributed by atoms with van der Waals surface area (Å²) in [7, 11) is 0. The maximum atomic E-state index is 13.2. The summed E-state index contributed by atoms with van der Waals surface area (Å²) in [6.07, 6.45) is 3.84. The van der Waals surface area contributed by atoms with Crippen LogP contribution in [0.1, 0.15) is 32.6 Å². The Morgan fingerprint density at radius 2 is 1.63 bits per heavy atom. The van der Waals surface area contributed by atoms with E-state index in [2.05, 4.69) is 22.5 Å². The van der Waals surface area contributed by atoms with Crippen LogP contribution in [0.5, 0.6) is 0 Å². The summed E-state index contributed by atoms with van der Waals surface area (Å²) < 4.78 is 13.2. The monoisotopic (exact) mass is 412 g/mol. The lowest BCUT2D eigenvalue weighted by Gasteiger charge is -2.36. The molecule has 0 bridgehead atoms. The van der Waals surface area contributed by atoms with E-state index in [4.69, 9.17) is 0 Å². The molecule has 30 heavy (non-hydrogen) atoms. The van der Waals surface area contributed by atoms with E-state index in [1.165, 1.54) is 18.2 Å². The minimum atomic E-state index is -0.427. The summed E-state index contributed by atoms with van der Waals surface area (Å²) in [5.74, 6) is -0.146. The second-order valence-corrected chi connectivity index (χ2v) is 7.46. The molecule has 6 nitrogen and oxygen atoms in total. The molecular formula is C23H29FN4O2. The van der Waals surface area contributed by atoms with Crippen molar-refractivity contribution in [2.75, 3.05) is 41.7 Å². The van der Waals surface area contributed by atoms with Crippen molar-refractivity contribution in [1.29, 1.82) is 0 Å². The molecule has 0 aromatic heterocycles. The Bertz CT molecular complexity index is 849. The van der Waals surface area contributed by atoms with E-state index >= 15 is 0 Å². The van der Waals surface area contributed by atoms with Gasteiger partial charge in [-0.25, -0.2) is 9.18 Å². The normalized spacial score (nSPS) is 13.8. The standard InChI is InChI=1S/C23H29FN4O2/c1-2-3-4-8-22(29)28-15-13-27(14-16-28)21-11-9-19(10-12-21)25-23(30)26-20-7-5-6-18(24)17-20/h5-7,9-12,17H,2-4,8,13-16H2,1H3,(H2,25,26,30). The lowest BCUT2D eigenvalue weighted by atomic mass is 10.1. The van der Waals surface area contributed by atoms with Crippen LogP contribution in [-0.2, 0) is 4.79 Å². The van der Waals surface area contributed by atoms with Gasteiger partial charge in [-0.15, -0.1) is 0 Å². The van der Waals surface area contributed by atoms with Crippen molar-refractivity contribution < 1.29 is 14.0 Å². The molecule has 160 valence electrons. The molecule has 1 saturated heterocycles. The highest BCUT2D eigenvalue weighted by molar-refractivity contribution is 5.99. The third-order valence-corrected chi connectivity index (χ3v) is 5.20. The number of hydrogen-bond acceptors (Lipinski definition) is 3. The molecule has 2 aromatic rings. The second kappa shape index (κ2) is 10.6. The summed E-state index contributed by atoms with van der Waals surface area (Å²) in [5, 5.41) is 5.35. The molecule has 1 fully saturated rings. The van der Waals surface area contributed by atoms with Gasteiger partial charge < -0.3 is 20.4 Å². The van der Waals surface area contributed by atoms with Crippen molar-refractivity contribution in [2.45, 2.75) is 32.6 Å². The van der Waals surface area contributed by atoms with Gasteiger partial charge in [0.2, 0.25) is 5.91 Å². The van der Waals surface area contributed by atoms with Crippen LogP contribution in [0.4, 0.5) is 26.2 Å². The van der Waals surface area contributed by atoms with Gasteiger partial charge in [0, 0.05) is 49.7 Å². The van der Waals surface area contributed by atoms with Crippen LogP contribution in [0.3, 0.4) is 0 Å². The SMILES string of the molecule is CCCCCC(=O)N1CCN(c2ccc(NC(=O)Nc3cccc(F)c3)cc2)CC1. The van der Waals surface area contributed by atoms with Crippen LogP contribution in [0.25, 0.3) is 0 Å². The number of anilines is 3. The Balaban J connectivity index is 1.46. The lowest BCUT2D eigenvalue weighted by Crippen LogP contribution is -2.48. The fraction of sp³-hybridized carbons (Fsp3) is 0.391. The van der Waals surface area contributed by atoms with Gasteiger partial charge in [-0.05, 0) is 48.9 Å². The van der Waals surface area contributed by atoms with Gasteiger partial charge in [0.05, 0.1) is 0 Å². The van der Waals surface area contributed by atoms with Crippen LogP contribution in [-0.4, -0.2) is 43.0 Å². The molecule has 7 heteroatoms. The highest BCUT2D eigenvalue weighted by atomic mass is 19.1. The highest BCUT2D eigenvalue weighted by Crippen LogP contribution is 2.20. The van der Waals surface area contributed by atoms with E-state index in [1.807, 2.05) is 29.2 Å². The summed E-state index contributed by atoms with van der Waals surface area (Å²) in [6, 6.07) is 12.9. The van der Waals surface area contributed by atoms with Crippen molar-refractivity contribution in [1.82, 2.24) is 4.90 Å². The number of piperazine rings is 1. The number of unbranched alkanes of at least 4 members (excludes halogenated alkanes) is 2. The van der Waals surface area contributed by atoms with E-state index in [1.54, 1.807) is 6.07 Å². The van der Waals surface area contributed by atoms with Gasteiger partial charge in [-0.1, -0.05) is 25.8 Å². The molecule has 0 saturated carbocycles. The number of halogens is 1. The van der Waals surface area contributed by atoms with Crippen molar-refractivity contribution in [3.05, 3.63) is 54.3 Å². The first-order valence-electron chi connectivity index (χ1n) is 10.5. The Hall–Kier alpha value is -3.09. The third kappa shape index (κ3) is 6.20. The molecule has 0 unspecified atom stereocenters. The maximum Gasteiger partial charge on any atom is 0.323 e. The van der Waals surface area contributed by atoms with Crippen LogP contribution >= 0.6 is 0 Å².